The van der Waals surface area contributed by atoms with Gasteiger partial charge in [-0.05, 0) is 29.4 Å². The van der Waals surface area contributed by atoms with Crippen LogP contribution in [0, 0.1) is 0 Å². The van der Waals surface area contributed by atoms with Crippen LogP contribution >= 0.6 is 24.8 Å². The van der Waals surface area contributed by atoms with E-state index in [1.54, 1.807) is 6.21 Å². The van der Waals surface area contributed by atoms with E-state index < -0.39 is 0 Å². The van der Waals surface area contributed by atoms with Crippen LogP contribution < -0.4 is 5.43 Å². The number of piperazine rings is 1. The molecule has 0 saturated carbocycles. The molecule has 1 amide bonds. The van der Waals surface area contributed by atoms with Crippen LogP contribution in [-0.2, 0) is 4.79 Å². The molecule has 1 heterocycles. The molecular formula is C18H24Cl2N4O. The molecule has 1 N–H and O–H groups in total. The summed E-state index contributed by atoms with van der Waals surface area (Å²) in [6.45, 7) is 4.28. The van der Waals surface area contributed by atoms with Crippen molar-refractivity contribution in [1.82, 2.24) is 15.2 Å². The fourth-order valence-corrected chi connectivity index (χ4v) is 2.71. The van der Waals surface area contributed by atoms with Gasteiger partial charge in [-0.3, -0.25) is 9.69 Å². The topological polar surface area (TPSA) is 47.9 Å². The Labute approximate surface area is 160 Å². The van der Waals surface area contributed by atoms with Gasteiger partial charge in [0.25, 0.3) is 5.91 Å². The monoisotopic (exact) mass is 382 g/mol. The Morgan fingerprint density at radius 2 is 1.76 bits per heavy atom. The highest BCUT2D eigenvalue weighted by atomic mass is 35.5. The maximum atomic E-state index is 11.9. The number of fused-ring (bicyclic) bond motifs is 1. The lowest BCUT2D eigenvalue weighted by molar-refractivity contribution is -0.122. The van der Waals surface area contributed by atoms with Gasteiger partial charge in [0.1, 0.15) is 0 Å². The molecule has 2 aromatic carbocycles. The molecule has 136 valence electrons. The number of hydrogen-bond acceptors (Lipinski definition) is 4. The third-order valence-electron chi connectivity index (χ3n) is 4.14. The van der Waals surface area contributed by atoms with Crippen LogP contribution in [0.2, 0.25) is 0 Å². The van der Waals surface area contributed by atoms with Crippen molar-refractivity contribution < 1.29 is 4.79 Å². The summed E-state index contributed by atoms with van der Waals surface area (Å²) in [4.78, 5) is 16.3. The molecule has 1 aliphatic heterocycles. The van der Waals surface area contributed by atoms with Gasteiger partial charge >= 0.3 is 0 Å². The summed E-state index contributed by atoms with van der Waals surface area (Å²) in [5, 5.41) is 6.43. The number of benzene rings is 2. The Morgan fingerprint density at radius 1 is 1.08 bits per heavy atom. The van der Waals surface area contributed by atoms with E-state index in [1.807, 2.05) is 18.2 Å². The van der Waals surface area contributed by atoms with Crippen molar-refractivity contribution in [2.75, 3.05) is 39.8 Å². The predicted molar refractivity (Wildman–Crippen MR) is 108 cm³/mol. The first kappa shape index (κ1) is 21.4. The standard InChI is InChI=1S/C18H22N4O.2ClH/c1-21-8-10-22(11-9-21)14-18(23)20-19-13-15-6-7-16-4-2-3-5-17(16)12-15;;/h2-7,12-13H,8-11,14H2,1H3,(H,20,23);2*1H/b19-13+;;. The van der Waals surface area contributed by atoms with Crippen molar-refractivity contribution in [2.45, 2.75) is 0 Å². The fraction of sp³-hybridized carbons (Fsp3) is 0.333. The summed E-state index contributed by atoms with van der Waals surface area (Å²) in [7, 11) is 2.10. The number of nitrogens with one attached hydrogen (secondary N) is 1. The molecule has 1 aliphatic rings. The van der Waals surface area contributed by atoms with Crippen molar-refractivity contribution in [2.24, 2.45) is 5.10 Å². The van der Waals surface area contributed by atoms with Crippen LogP contribution in [0.3, 0.4) is 0 Å². The molecule has 1 saturated heterocycles. The third-order valence-corrected chi connectivity index (χ3v) is 4.14. The van der Waals surface area contributed by atoms with E-state index in [9.17, 15) is 4.79 Å². The second kappa shape index (κ2) is 10.4. The number of likely N-dealkylation sites (N-methyl/N-ethyl adjacent to an activating group) is 1. The number of amides is 1. The molecule has 0 spiro atoms. The van der Waals surface area contributed by atoms with Crippen LogP contribution in [0.1, 0.15) is 5.56 Å². The summed E-state index contributed by atoms with van der Waals surface area (Å²) in [6.07, 6.45) is 1.69. The quantitative estimate of drug-likeness (QED) is 0.652. The number of carbonyl (C=O) groups is 1. The molecule has 5 nitrogen and oxygen atoms in total. The first-order valence-electron chi connectivity index (χ1n) is 7.92. The second-order valence-corrected chi connectivity index (χ2v) is 5.98. The van der Waals surface area contributed by atoms with Crippen molar-refractivity contribution >= 4 is 47.7 Å². The number of hydrazone groups is 1. The first-order chi connectivity index (χ1) is 11.2. The number of rotatable bonds is 4. The molecule has 25 heavy (non-hydrogen) atoms. The van der Waals surface area contributed by atoms with E-state index in [2.05, 4.69) is 51.6 Å². The van der Waals surface area contributed by atoms with Gasteiger partial charge in [0, 0.05) is 26.2 Å². The normalized spacial score (nSPS) is 15.6. The number of halogens is 2. The van der Waals surface area contributed by atoms with E-state index in [0.29, 0.717) is 6.54 Å². The summed E-state index contributed by atoms with van der Waals surface area (Å²) < 4.78 is 0. The molecule has 0 unspecified atom stereocenters. The zero-order chi connectivity index (χ0) is 16.1. The molecule has 0 aromatic heterocycles. The molecule has 1 fully saturated rings. The highest BCUT2D eigenvalue weighted by molar-refractivity contribution is 5.91. The molecule has 0 atom stereocenters. The van der Waals surface area contributed by atoms with Crippen molar-refractivity contribution in [1.29, 1.82) is 0 Å². The van der Waals surface area contributed by atoms with E-state index >= 15 is 0 Å². The maximum Gasteiger partial charge on any atom is 0.254 e. The molecule has 0 radical (unpaired) electrons. The lowest BCUT2D eigenvalue weighted by atomic mass is 10.1. The van der Waals surface area contributed by atoms with Gasteiger partial charge in [-0.1, -0.05) is 36.4 Å². The van der Waals surface area contributed by atoms with Crippen LogP contribution in [0.5, 0.6) is 0 Å². The predicted octanol–water partition coefficient (Wildman–Crippen LogP) is 2.38. The molecule has 2 aromatic rings. The van der Waals surface area contributed by atoms with Gasteiger partial charge in [0.05, 0.1) is 12.8 Å². The Kier molecular flexibility index (Phi) is 8.86. The molecule has 3 rings (SSSR count). The average Bonchev–Trinajstić information content (AvgIpc) is 2.57. The van der Waals surface area contributed by atoms with Crippen molar-refractivity contribution in [3.8, 4) is 0 Å². The lowest BCUT2D eigenvalue weighted by Gasteiger charge is -2.31. The molecule has 7 heteroatoms. The Hall–Kier alpha value is -1.66. The van der Waals surface area contributed by atoms with Gasteiger partial charge in [0.2, 0.25) is 0 Å². The minimum absolute atomic E-state index is 0. The molecule has 0 aliphatic carbocycles. The minimum atomic E-state index is -0.0633. The largest absolute Gasteiger partial charge is 0.304 e. The van der Waals surface area contributed by atoms with E-state index in [1.165, 1.54) is 10.8 Å². The van der Waals surface area contributed by atoms with E-state index in [-0.39, 0.29) is 30.7 Å². The Balaban J connectivity index is 0.00000156. The van der Waals surface area contributed by atoms with Gasteiger partial charge < -0.3 is 4.90 Å². The number of hydrogen-bond donors (Lipinski definition) is 1. The Bertz CT molecular complexity index is 715. The SMILES string of the molecule is CN1CCN(CC(=O)N/N=C/c2ccc3ccccc3c2)CC1.Cl.Cl. The van der Waals surface area contributed by atoms with Gasteiger partial charge in [0.15, 0.2) is 0 Å². The minimum Gasteiger partial charge on any atom is -0.304 e. The van der Waals surface area contributed by atoms with Crippen molar-refractivity contribution in [3.63, 3.8) is 0 Å². The molecular weight excluding hydrogens is 359 g/mol. The van der Waals surface area contributed by atoms with Gasteiger partial charge in [-0.15, -0.1) is 24.8 Å². The van der Waals surface area contributed by atoms with Crippen LogP contribution in [0.15, 0.2) is 47.6 Å². The summed E-state index contributed by atoms with van der Waals surface area (Å²) in [5.74, 6) is -0.0633. The fourth-order valence-electron chi connectivity index (χ4n) is 2.71. The number of nitrogens with zero attached hydrogens (tertiary/aromatic N) is 3. The van der Waals surface area contributed by atoms with E-state index in [4.69, 9.17) is 0 Å². The molecule has 0 bridgehead atoms. The highest BCUT2D eigenvalue weighted by Crippen LogP contribution is 2.14. The first-order valence-corrected chi connectivity index (χ1v) is 7.92. The van der Waals surface area contributed by atoms with E-state index in [0.717, 1.165) is 31.7 Å². The number of carbonyl (C=O) groups excluding carboxylic acids is 1. The maximum absolute atomic E-state index is 11.9. The summed E-state index contributed by atoms with van der Waals surface area (Å²) in [6, 6.07) is 14.3. The van der Waals surface area contributed by atoms with Crippen molar-refractivity contribution in [3.05, 3.63) is 48.0 Å². The summed E-state index contributed by atoms with van der Waals surface area (Å²) >= 11 is 0. The van der Waals surface area contributed by atoms with Crippen LogP contribution in [-0.4, -0.2) is 61.7 Å². The zero-order valence-electron chi connectivity index (χ0n) is 14.2. The van der Waals surface area contributed by atoms with Gasteiger partial charge in [-0.25, -0.2) is 5.43 Å². The van der Waals surface area contributed by atoms with Crippen LogP contribution in [0.4, 0.5) is 0 Å². The van der Waals surface area contributed by atoms with Crippen LogP contribution in [0.25, 0.3) is 10.8 Å². The average molecular weight is 383 g/mol. The third kappa shape index (κ3) is 6.29. The smallest absolute Gasteiger partial charge is 0.254 e. The second-order valence-electron chi connectivity index (χ2n) is 5.98. The lowest BCUT2D eigenvalue weighted by Crippen LogP contribution is -2.47. The Morgan fingerprint density at radius 3 is 2.48 bits per heavy atom. The summed E-state index contributed by atoms with van der Waals surface area (Å²) in [5.41, 5.74) is 3.59. The highest BCUT2D eigenvalue weighted by Gasteiger charge is 2.15. The zero-order valence-corrected chi connectivity index (χ0v) is 15.9. The van der Waals surface area contributed by atoms with Gasteiger partial charge in [-0.2, -0.15) is 5.10 Å².